The normalized spacial score (nSPS) is 14.8. The average molecular weight is 486 g/mol. The van der Waals surface area contributed by atoms with Gasteiger partial charge < -0.3 is 16.0 Å². The van der Waals surface area contributed by atoms with Crippen LogP contribution in [0.1, 0.15) is 35.2 Å². The molecule has 1 aliphatic rings. The fraction of sp³-hybridized carbons (Fsp3) is 0.136. The lowest BCUT2D eigenvalue weighted by atomic mass is 9.92. The molecule has 3 aromatic rings. The second-order valence-corrected chi connectivity index (χ2v) is 8.26. The highest BCUT2D eigenvalue weighted by Gasteiger charge is 2.34. The molecule has 4 rings (SSSR count). The second-order valence-electron chi connectivity index (χ2n) is 7.39. The van der Waals surface area contributed by atoms with Crippen molar-refractivity contribution in [2.45, 2.75) is 19.3 Å². The van der Waals surface area contributed by atoms with Crippen molar-refractivity contribution in [3.05, 3.63) is 74.0 Å². The van der Waals surface area contributed by atoms with Gasteiger partial charge in [-0.15, -0.1) is 0 Å². The molecule has 0 saturated carbocycles. The third kappa shape index (κ3) is 5.05. The van der Waals surface area contributed by atoms with E-state index < -0.39 is 23.3 Å². The van der Waals surface area contributed by atoms with Crippen LogP contribution in [0.5, 0.6) is 0 Å². The Morgan fingerprint density at radius 3 is 2.33 bits per heavy atom. The number of hydrogen-bond donors (Lipinski definition) is 4. The van der Waals surface area contributed by atoms with Gasteiger partial charge in [0.25, 0.3) is 5.56 Å². The third-order valence-corrected chi connectivity index (χ3v) is 5.39. The molecular formula is C22H17Cl2N5O4. The fourth-order valence-electron chi connectivity index (χ4n) is 3.43. The quantitative estimate of drug-likeness (QED) is 0.402. The molecule has 1 aromatic heterocycles. The Morgan fingerprint density at radius 1 is 1.03 bits per heavy atom. The van der Waals surface area contributed by atoms with Crippen molar-refractivity contribution in [2.75, 3.05) is 16.0 Å². The minimum atomic E-state index is -1.05. The van der Waals surface area contributed by atoms with Gasteiger partial charge in [0.2, 0.25) is 17.8 Å². The number of benzene rings is 2. The third-order valence-electron chi connectivity index (χ3n) is 4.95. The Labute approximate surface area is 197 Å². The Hall–Kier alpha value is -3.69. The van der Waals surface area contributed by atoms with Gasteiger partial charge in [-0.1, -0.05) is 23.2 Å². The Balaban J connectivity index is 1.61. The number of amides is 2. The van der Waals surface area contributed by atoms with Gasteiger partial charge in [-0.25, -0.2) is 0 Å². The van der Waals surface area contributed by atoms with Crippen molar-refractivity contribution in [3.8, 4) is 0 Å². The zero-order chi connectivity index (χ0) is 23.7. The molecule has 0 radical (unpaired) electrons. The number of ketones is 1. The number of anilines is 4. The highest BCUT2D eigenvalue weighted by atomic mass is 35.5. The Morgan fingerprint density at radius 2 is 1.70 bits per heavy atom. The van der Waals surface area contributed by atoms with Crippen LogP contribution >= 0.6 is 23.2 Å². The summed E-state index contributed by atoms with van der Waals surface area (Å²) in [5.74, 6) is -2.13. The molecule has 2 aromatic carbocycles. The maximum absolute atomic E-state index is 12.9. The van der Waals surface area contributed by atoms with Crippen molar-refractivity contribution in [2.24, 2.45) is 0 Å². The number of hydrogen-bond acceptors (Lipinski definition) is 6. The molecule has 4 N–H and O–H groups in total. The monoisotopic (exact) mass is 485 g/mol. The molecule has 0 saturated heterocycles. The first-order chi connectivity index (χ1) is 15.7. The van der Waals surface area contributed by atoms with E-state index in [1.165, 1.54) is 6.92 Å². The van der Waals surface area contributed by atoms with Gasteiger partial charge >= 0.3 is 0 Å². The van der Waals surface area contributed by atoms with Crippen LogP contribution in [0.4, 0.5) is 23.1 Å². The van der Waals surface area contributed by atoms with Gasteiger partial charge in [0.15, 0.2) is 5.78 Å². The molecular weight excluding hydrogens is 469 g/mol. The molecule has 0 spiro atoms. The Kier molecular flexibility index (Phi) is 6.17. The molecule has 9 nitrogen and oxygen atoms in total. The molecule has 0 fully saturated rings. The number of aromatic nitrogens is 2. The van der Waals surface area contributed by atoms with Crippen molar-refractivity contribution in [3.63, 3.8) is 0 Å². The summed E-state index contributed by atoms with van der Waals surface area (Å²) < 4.78 is 0. The number of nitrogens with one attached hydrogen (secondary N) is 4. The predicted molar refractivity (Wildman–Crippen MR) is 126 cm³/mol. The van der Waals surface area contributed by atoms with Crippen LogP contribution in [0, 0.1) is 0 Å². The van der Waals surface area contributed by atoms with E-state index in [0.29, 0.717) is 27.0 Å². The van der Waals surface area contributed by atoms with E-state index in [1.807, 2.05) is 0 Å². The molecule has 0 aliphatic carbocycles. The molecule has 11 heteroatoms. The summed E-state index contributed by atoms with van der Waals surface area (Å²) in [5, 5.41) is 8.85. The second kappa shape index (κ2) is 9.05. The largest absolute Gasteiger partial charge is 0.326 e. The zero-order valence-corrected chi connectivity index (χ0v) is 18.7. The first kappa shape index (κ1) is 22.5. The smallest absolute Gasteiger partial charge is 0.258 e. The SMILES string of the molecule is CC(=O)c1ccc(NC(=O)[C@H]2CC(=O)Nc3nc(Nc4cc(Cl)cc(Cl)c4)[nH]c(=O)c32)cc1. The van der Waals surface area contributed by atoms with Crippen LogP contribution in [0.3, 0.4) is 0 Å². The molecule has 0 bridgehead atoms. The van der Waals surface area contributed by atoms with E-state index in [1.54, 1.807) is 42.5 Å². The lowest BCUT2D eigenvalue weighted by Crippen LogP contribution is -2.36. The summed E-state index contributed by atoms with van der Waals surface area (Å²) in [6.07, 6.45) is -0.216. The molecule has 2 amide bonds. The fourth-order valence-corrected chi connectivity index (χ4v) is 3.96. The number of Topliss-reactive ketones (excluding diaryl/α,β-unsaturated/α-hetero) is 1. The molecule has 2 heterocycles. The summed E-state index contributed by atoms with van der Waals surface area (Å²) in [7, 11) is 0. The van der Waals surface area contributed by atoms with E-state index in [2.05, 4.69) is 25.9 Å². The Bertz CT molecular complexity index is 1320. The van der Waals surface area contributed by atoms with Crippen LogP contribution in [-0.2, 0) is 9.59 Å². The van der Waals surface area contributed by atoms with Crippen molar-refractivity contribution < 1.29 is 14.4 Å². The zero-order valence-electron chi connectivity index (χ0n) is 17.2. The highest BCUT2D eigenvalue weighted by molar-refractivity contribution is 6.35. The topological polar surface area (TPSA) is 133 Å². The van der Waals surface area contributed by atoms with Crippen molar-refractivity contribution >= 4 is 63.9 Å². The van der Waals surface area contributed by atoms with E-state index in [9.17, 15) is 19.2 Å². The van der Waals surface area contributed by atoms with E-state index in [0.717, 1.165) is 0 Å². The van der Waals surface area contributed by atoms with Gasteiger partial charge in [0.1, 0.15) is 5.82 Å². The number of nitrogens with zero attached hydrogens (tertiary/aromatic N) is 1. The maximum Gasteiger partial charge on any atom is 0.258 e. The number of carbonyl (C=O) groups excluding carboxylic acids is 3. The molecule has 1 aliphatic heterocycles. The van der Waals surface area contributed by atoms with Gasteiger partial charge in [-0.05, 0) is 49.4 Å². The summed E-state index contributed by atoms with van der Waals surface area (Å²) in [5.41, 5.74) is 0.862. The summed E-state index contributed by atoms with van der Waals surface area (Å²) >= 11 is 12.0. The number of aromatic amines is 1. The summed E-state index contributed by atoms with van der Waals surface area (Å²) in [4.78, 5) is 56.2. The average Bonchev–Trinajstić information content (AvgIpc) is 2.72. The number of carbonyl (C=O) groups is 3. The molecule has 1 atom stereocenters. The van der Waals surface area contributed by atoms with Crippen LogP contribution in [0.15, 0.2) is 47.3 Å². The maximum atomic E-state index is 12.9. The van der Waals surface area contributed by atoms with Gasteiger partial charge in [0.05, 0.1) is 11.5 Å². The molecule has 168 valence electrons. The number of rotatable bonds is 5. The predicted octanol–water partition coefficient (Wildman–Crippen LogP) is 4.09. The van der Waals surface area contributed by atoms with Crippen LogP contribution in [-0.4, -0.2) is 27.6 Å². The van der Waals surface area contributed by atoms with Gasteiger partial charge in [-0.3, -0.25) is 24.2 Å². The summed E-state index contributed by atoms with van der Waals surface area (Å²) in [6.45, 7) is 1.44. The first-order valence-electron chi connectivity index (χ1n) is 9.78. The summed E-state index contributed by atoms with van der Waals surface area (Å²) in [6, 6.07) is 11.0. The standard InChI is InChI=1S/C22H17Cl2N5O4/c1-10(30)11-2-4-14(5-3-11)25-20(32)16-9-17(31)27-19-18(16)21(33)29-22(28-19)26-15-7-12(23)6-13(24)8-15/h2-8,16H,9H2,1H3,(H,25,32)(H3,26,27,28,29,31,33)/t16-/m0/s1. The van der Waals surface area contributed by atoms with Crippen LogP contribution in [0.2, 0.25) is 10.0 Å². The van der Waals surface area contributed by atoms with Gasteiger partial charge in [-0.2, -0.15) is 4.98 Å². The lowest BCUT2D eigenvalue weighted by Gasteiger charge is -2.23. The lowest BCUT2D eigenvalue weighted by molar-refractivity contribution is -0.123. The molecule has 33 heavy (non-hydrogen) atoms. The van der Waals surface area contributed by atoms with E-state index in [-0.39, 0.29) is 29.5 Å². The van der Waals surface area contributed by atoms with Crippen molar-refractivity contribution in [1.82, 2.24) is 9.97 Å². The van der Waals surface area contributed by atoms with E-state index in [4.69, 9.17) is 23.2 Å². The van der Waals surface area contributed by atoms with Crippen molar-refractivity contribution in [1.29, 1.82) is 0 Å². The number of halogens is 2. The number of H-pyrrole nitrogens is 1. The highest BCUT2D eigenvalue weighted by Crippen LogP contribution is 2.31. The first-order valence-corrected chi connectivity index (χ1v) is 10.5. The minimum absolute atomic E-state index is 0.0160. The van der Waals surface area contributed by atoms with Crippen LogP contribution in [0.25, 0.3) is 0 Å². The van der Waals surface area contributed by atoms with Gasteiger partial charge in [0, 0.05) is 33.4 Å². The number of fused-ring (bicyclic) bond motifs is 1. The van der Waals surface area contributed by atoms with E-state index >= 15 is 0 Å². The molecule has 0 unspecified atom stereocenters. The van der Waals surface area contributed by atoms with Crippen LogP contribution < -0.4 is 21.5 Å². The minimum Gasteiger partial charge on any atom is -0.326 e.